The predicted molar refractivity (Wildman–Crippen MR) is 65.7 cm³/mol. The van der Waals surface area contributed by atoms with E-state index in [0.29, 0.717) is 0 Å². The molecular formula is C11H17BrN2. The van der Waals surface area contributed by atoms with Gasteiger partial charge < -0.3 is 10.6 Å². The molecule has 2 N–H and O–H groups in total. The lowest BCUT2D eigenvalue weighted by Crippen LogP contribution is -2.35. The van der Waals surface area contributed by atoms with Crippen molar-refractivity contribution in [2.75, 3.05) is 18.0 Å². The first-order valence-corrected chi connectivity index (χ1v) is 5.69. The van der Waals surface area contributed by atoms with E-state index < -0.39 is 0 Å². The Morgan fingerprint density at radius 2 is 1.93 bits per heavy atom. The van der Waals surface area contributed by atoms with Crippen molar-refractivity contribution in [3.8, 4) is 0 Å². The molecule has 2 nitrogen and oxygen atoms in total. The van der Waals surface area contributed by atoms with Crippen LogP contribution in [0, 0.1) is 0 Å². The summed E-state index contributed by atoms with van der Waals surface area (Å²) in [6.07, 6.45) is 0. The van der Waals surface area contributed by atoms with Crippen LogP contribution >= 0.6 is 15.9 Å². The highest BCUT2D eigenvalue weighted by Gasteiger charge is 2.05. The monoisotopic (exact) mass is 256 g/mol. The van der Waals surface area contributed by atoms with E-state index in [4.69, 9.17) is 5.73 Å². The van der Waals surface area contributed by atoms with Gasteiger partial charge in [-0.25, -0.2) is 0 Å². The molecule has 0 aliphatic carbocycles. The smallest absolute Gasteiger partial charge is 0.0367 e. The average molecular weight is 257 g/mol. The maximum atomic E-state index is 5.79. The molecule has 78 valence electrons. The largest absolute Gasteiger partial charge is 0.370 e. The van der Waals surface area contributed by atoms with Crippen LogP contribution in [0.15, 0.2) is 28.7 Å². The standard InChI is InChI=1S/C11H17BrN2/c1-3-14(8-9(2)13)11-6-4-10(12)5-7-11/h4-7,9H,3,8,13H2,1-2H3. The summed E-state index contributed by atoms with van der Waals surface area (Å²) in [5.41, 5.74) is 7.01. The molecule has 1 aromatic carbocycles. The van der Waals surface area contributed by atoms with Crippen LogP contribution in [0.2, 0.25) is 0 Å². The fourth-order valence-corrected chi connectivity index (χ4v) is 1.68. The number of hydrogen-bond acceptors (Lipinski definition) is 2. The third-order valence-electron chi connectivity index (χ3n) is 2.08. The van der Waals surface area contributed by atoms with Crippen molar-refractivity contribution in [3.63, 3.8) is 0 Å². The third-order valence-corrected chi connectivity index (χ3v) is 2.61. The van der Waals surface area contributed by atoms with Gasteiger partial charge in [-0.15, -0.1) is 0 Å². The Bertz CT molecular complexity index is 269. The summed E-state index contributed by atoms with van der Waals surface area (Å²) < 4.78 is 1.11. The van der Waals surface area contributed by atoms with Crippen molar-refractivity contribution in [1.29, 1.82) is 0 Å². The highest BCUT2D eigenvalue weighted by Crippen LogP contribution is 2.18. The molecule has 14 heavy (non-hydrogen) atoms. The van der Waals surface area contributed by atoms with Crippen LogP contribution in [-0.4, -0.2) is 19.1 Å². The first-order valence-electron chi connectivity index (χ1n) is 4.89. The molecule has 0 aromatic heterocycles. The zero-order valence-corrected chi connectivity index (χ0v) is 10.3. The molecule has 0 spiro atoms. The highest BCUT2D eigenvalue weighted by atomic mass is 79.9. The van der Waals surface area contributed by atoms with Gasteiger partial charge in [0.25, 0.3) is 0 Å². The highest BCUT2D eigenvalue weighted by molar-refractivity contribution is 9.10. The lowest BCUT2D eigenvalue weighted by atomic mass is 10.2. The third kappa shape index (κ3) is 3.31. The Hall–Kier alpha value is -0.540. The van der Waals surface area contributed by atoms with Crippen LogP contribution < -0.4 is 10.6 Å². The summed E-state index contributed by atoms with van der Waals surface area (Å²) in [6.45, 7) is 6.06. The van der Waals surface area contributed by atoms with Gasteiger partial charge in [-0.1, -0.05) is 15.9 Å². The molecule has 1 rings (SSSR count). The fraction of sp³-hybridized carbons (Fsp3) is 0.455. The SMILES string of the molecule is CCN(CC(C)N)c1ccc(Br)cc1. The lowest BCUT2D eigenvalue weighted by molar-refractivity contribution is 0.689. The van der Waals surface area contributed by atoms with Crippen LogP contribution in [-0.2, 0) is 0 Å². The van der Waals surface area contributed by atoms with E-state index in [1.54, 1.807) is 0 Å². The van der Waals surface area contributed by atoms with Gasteiger partial charge in [-0.05, 0) is 38.1 Å². The molecule has 1 unspecified atom stereocenters. The van der Waals surface area contributed by atoms with Gasteiger partial charge in [0.2, 0.25) is 0 Å². The first kappa shape index (κ1) is 11.5. The van der Waals surface area contributed by atoms with E-state index in [9.17, 15) is 0 Å². The maximum Gasteiger partial charge on any atom is 0.0367 e. The normalized spacial score (nSPS) is 12.6. The van der Waals surface area contributed by atoms with Crippen molar-refractivity contribution < 1.29 is 0 Å². The van der Waals surface area contributed by atoms with Crippen molar-refractivity contribution >= 4 is 21.6 Å². The second-order valence-corrected chi connectivity index (χ2v) is 4.41. The minimum absolute atomic E-state index is 0.207. The van der Waals surface area contributed by atoms with Crippen molar-refractivity contribution in [2.24, 2.45) is 5.73 Å². The summed E-state index contributed by atoms with van der Waals surface area (Å²) in [5.74, 6) is 0. The number of halogens is 1. The van der Waals surface area contributed by atoms with E-state index in [0.717, 1.165) is 17.6 Å². The number of hydrogen-bond donors (Lipinski definition) is 1. The molecule has 0 bridgehead atoms. The molecule has 0 saturated carbocycles. The Balaban J connectivity index is 2.73. The van der Waals surface area contributed by atoms with E-state index >= 15 is 0 Å². The molecule has 0 amide bonds. The molecule has 1 aromatic rings. The Morgan fingerprint density at radius 3 is 2.36 bits per heavy atom. The second kappa shape index (κ2) is 5.37. The Labute approximate surface area is 94.2 Å². The Morgan fingerprint density at radius 1 is 1.36 bits per heavy atom. The average Bonchev–Trinajstić information content (AvgIpc) is 2.15. The van der Waals surface area contributed by atoms with E-state index in [2.05, 4.69) is 52.0 Å². The molecule has 0 heterocycles. The number of nitrogens with two attached hydrogens (primary N) is 1. The molecule has 0 aliphatic heterocycles. The van der Waals surface area contributed by atoms with E-state index in [-0.39, 0.29) is 6.04 Å². The lowest BCUT2D eigenvalue weighted by Gasteiger charge is -2.24. The Kier molecular flexibility index (Phi) is 4.42. The van der Waals surface area contributed by atoms with Crippen LogP contribution in [0.25, 0.3) is 0 Å². The van der Waals surface area contributed by atoms with Crippen molar-refractivity contribution in [2.45, 2.75) is 19.9 Å². The number of nitrogens with zero attached hydrogens (tertiary/aromatic N) is 1. The zero-order valence-electron chi connectivity index (χ0n) is 8.70. The second-order valence-electron chi connectivity index (χ2n) is 3.49. The molecule has 0 radical (unpaired) electrons. The van der Waals surface area contributed by atoms with Gasteiger partial charge in [0, 0.05) is 29.3 Å². The van der Waals surface area contributed by atoms with Gasteiger partial charge in [0.15, 0.2) is 0 Å². The molecule has 0 aliphatic rings. The molecular weight excluding hydrogens is 240 g/mol. The fourth-order valence-electron chi connectivity index (χ4n) is 1.42. The summed E-state index contributed by atoms with van der Waals surface area (Å²) in [7, 11) is 0. The molecule has 0 saturated heterocycles. The van der Waals surface area contributed by atoms with E-state index in [1.165, 1.54) is 5.69 Å². The van der Waals surface area contributed by atoms with Crippen molar-refractivity contribution in [3.05, 3.63) is 28.7 Å². The van der Waals surface area contributed by atoms with E-state index in [1.807, 2.05) is 6.92 Å². The van der Waals surface area contributed by atoms with Gasteiger partial charge in [-0.2, -0.15) is 0 Å². The summed E-state index contributed by atoms with van der Waals surface area (Å²) in [4.78, 5) is 2.27. The zero-order chi connectivity index (χ0) is 10.6. The van der Waals surface area contributed by atoms with Gasteiger partial charge in [0.05, 0.1) is 0 Å². The van der Waals surface area contributed by atoms with Crippen LogP contribution in [0.1, 0.15) is 13.8 Å². The van der Waals surface area contributed by atoms with Gasteiger partial charge in [0.1, 0.15) is 0 Å². The van der Waals surface area contributed by atoms with Crippen LogP contribution in [0.5, 0.6) is 0 Å². The summed E-state index contributed by atoms with van der Waals surface area (Å²) in [6, 6.07) is 8.53. The summed E-state index contributed by atoms with van der Waals surface area (Å²) >= 11 is 3.42. The minimum Gasteiger partial charge on any atom is -0.370 e. The number of anilines is 1. The molecule has 0 fully saturated rings. The van der Waals surface area contributed by atoms with Gasteiger partial charge >= 0.3 is 0 Å². The topological polar surface area (TPSA) is 29.3 Å². The van der Waals surface area contributed by atoms with Gasteiger partial charge in [-0.3, -0.25) is 0 Å². The first-order chi connectivity index (χ1) is 6.63. The number of rotatable bonds is 4. The maximum absolute atomic E-state index is 5.79. The van der Waals surface area contributed by atoms with Crippen LogP contribution in [0.3, 0.4) is 0 Å². The van der Waals surface area contributed by atoms with Crippen molar-refractivity contribution in [1.82, 2.24) is 0 Å². The number of benzene rings is 1. The number of likely N-dealkylation sites (N-methyl/N-ethyl adjacent to an activating group) is 1. The minimum atomic E-state index is 0.207. The van der Waals surface area contributed by atoms with Crippen LogP contribution in [0.4, 0.5) is 5.69 Å². The quantitative estimate of drug-likeness (QED) is 0.898. The molecule has 3 heteroatoms. The summed E-state index contributed by atoms with van der Waals surface area (Å²) in [5, 5.41) is 0. The molecule has 1 atom stereocenters. The predicted octanol–water partition coefficient (Wildman–Crippen LogP) is 2.62.